The minimum atomic E-state index is -0.522. The molecule has 1 aromatic carbocycles. The maximum Gasteiger partial charge on any atom is 0.124 e. The molecule has 0 saturated heterocycles. The van der Waals surface area contributed by atoms with E-state index in [1.165, 1.54) is 5.57 Å². The van der Waals surface area contributed by atoms with Crippen LogP contribution in [0.4, 0.5) is 0 Å². The van der Waals surface area contributed by atoms with Crippen molar-refractivity contribution in [3.63, 3.8) is 0 Å². The highest BCUT2D eigenvalue weighted by Crippen LogP contribution is 2.40. The molecule has 0 fully saturated rings. The van der Waals surface area contributed by atoms with Crippen molar-refractivity contribution < 1.29 is 14.6 Å². The summed E-state index contributed by atoms with van der Waals surface area (Å²) in [5.74, 6) is 2.21. The van der Waals surface area contributed by atoms with E-state index in [1.54, 1.807) is 14.2 Å². The van der Waals surface area contributed by atoms with E-state index in [2.05, 4.69) is 19.9 Å². The van der Waals surface area contributed by atoms with Crippen LogP contribution in [-0.4, -0.2) is 19.3 Å². The lowest BCUT2D eigenvalue weighted by Crippen LogP contribution is -2.19. The van der Waals surface area contributed by atoms with Crippen LogP contribution >= 0.6 is 0 Å². The van der Waals surface area contributed by atoms with E-state index >= 15 is 0 Å². The van der Waals surface area contributed by atoms with Crippen LogP contribution in [0, 0.1) is 11.8 Å². The fourth-order valence-corrected chi connectivity index (χ4v) is 3.16. The summed E-state index contributed by atoms with van der Waals surface area (Å²) in [5, 5.41) is 10.7. The smallest absolute Gasteiger partial charge is 0.124 e. The number of methoxy groups -OCH3 is 2. The third-order valence-corrected chi connectivity index (χ3v) is 4.03. The maximum absolute atomic E-state index is 10.7. The third kappa shape index (κ3) is 3.15. The van der Waals surface area contributed by atoms with Crippen LogP contribution in [0.3, 0.4) is 0 Å². The van der Waals surface area contributed by atoms with Crippen molar-refractivity contribution in [1.82, 2.24) is 0 Å². The first-order valence-corrected chi connectivity index (χ1v) is 7.12. The molecule has 3 heteroatoms. The molecule has 0 amide bonds. The normalized spacial score (nSPS) is 23.9. The Morgan fingerprint density at radius 3 is 2.60 bits per heavy atom. The van der Waals surface area contributed by atoms with Gasteiger partial charge in [-0.3, -0.25) is 0 Å². The van der Waals surface area contributed by atoms with Gasteiger partial charge >= 0.3 is 0 Å². The highest BCUT2D eigenvalue weighted by atomic mass is 16.5. The molecule has 3 nitrogen and oxygen atoms in total. The van der Waals surface area contributed by atoms with Crippen molar-refractivity contribution in [1.29, 1.82) is 0 Å². The zero-order valence-corrected chi connectivity index (χ0v) is 12.7. The van der Waals surface area contributed by atoms with Crippen LogP contribution in [0.2, 0.25) is 0 Å². The van der Waals surface area contributed by atoms with E-state index in [0.717, 1.165) is 29.9 Å². The lowest BCUT2D eigenvalue weighted by atomic mass is 9.78. The second-order valence-electron chi connectivity index (χ2n) is 5.74. The monoisotopic (exact) mass is 276 g/mol. The quantitative estimate of drug-likeness (QED) is 0.852. The molecule has 0 spiro atoms. The highest BCUT2D eigenvalue weighted by Gasteiger charge is 2.28. The minimum Gasteiger partial charge on any atom is -0.497 e. The Morgan fingerprint density at radius 1 is 1.25 bits per heavy atom. The fourth-order valence-electron chi connectivity index (χ4n) is 3.16. The van der Waals surface area contributed by atoms with Crippen molar-refractivity contribution >= 4 is 0 Å². The Balaban J connectivity index is 2.28. The van der Waals surface area contributed by atoms with Crippen LogP contribution in [0.1, 0.15) is 38.4 Å². The molecule has 1 aliphatic carbocycles. The summed E-state index contributed by atoms with van der Waals surface area (Å²) in [4.78, 5) is 0. The summed E-state index contributed by atoms with van der Waals surface area (Å²) in [6.45, 7) is 4.34. The van der Waals surface area contributed by atoms with Gasteiger partial charge in [-0.15, -0.1) is 0 Å². The Labute approximate surface area is 121 Å². The number of hydrogen-bond donors (Lipinski definition) is 1. The van der Waals surface area contributed by atoms with Gasteiger partial charge < -0.3 is 14.6 Å². The van der Waals surface area contributed by atoms with Gasteiger partial charge in [0.25, 0.3) is 0 Å². The van der Waals surface area contributed by atoms with Gasteiger partial charge in [-0.2, -0.15) is 0 Å². The first kappa shape index (κ1) is 14.9. The molecule has 1 aliphatic rings. The molecular weight excluding hydrogens is 252 g/mol. The second kappa shape index (κ2) is 6.31. The SMILES string of the molecule is COc1ccc(OC)c(C(O)C2CC(C)=CC(C)C2)c1. The summed E-state index contributed by atoms with van der Waals surface area (Å²) in [5.41, 5.74) is 2.17. The third-order valence-electron chi connectivity index (χ3n) is 4.03. The van der Waals surface area contributed by atoms with Crippen LogP contribution in [-0.2, 0) is 0 Å². The largest absolute Gasteiger partial charge is 0.497 e. The Bertz CT molecular complexity index is 493. The number of rotatable bonds is 4. The molecule has 3 unspecified atom stereocenters. The first-order chi connectivity index (χ1) is 9.55. The maximum atomic E-state index is 10.7. The first-order valence-electron chi connectivity index (χ1n) is 7.12. The molecule has 20 heavy (non-hydrogen) atoms. The van der Waals surface area contributed by atoms with E-state index in [0.29, 0.717) is 5.92 Å². The van der Waals surface area contributed by atoms with Gasteiger partial charge in [-0.25, -0.2) is 0 Å². The molecule has 0 heterocycles. The predicted molar refractivity (Wildman–Crippen MR) is 80.2 cm³/mol. The van der Waals surface area contributed by atoms with Gasteiger partial charge in [-0.1, -0.05) is 18.6 Å². The fraction of sp³-hybridized carbons (Fsp3) is 0.529. The summed E-state index contributed by atoms with van der Waals surface area (Å²) in [6, 6.07) is 5.58. The Hall–Kier alpha value is -1.48. The van der Waals surface area contributed by atoms with Crippen LogP contribution in [0.15, 0.2) is 29.8 Å². The van der Waals surface area contributed by atoms with E-state index in [-0.39, 0.29) is 5.92 Å². The number of ether oxygens (including phenoxy) is 2. The zero-order valence-electron chi connectivity index (χ0n) is 12.7. The molecule has 0 bridgehead atoms. The number of benzene rings is 1. The van der Waals surface area contributed by atoms with Gasteiger partial charge in [0.2, 0.25) is 0 Å². The molecule has 1 N–H and O–H groups in total. The van der Waals surface area contributed by atoms with Crippen molar-refractivity contribution in [3.8, 4) is 11.5 Å². The van der Waals surface area contributed by atoms with Crippen LogP contribution < -0.4 is 9.47 Å². The van der Waals surface area contributed by atoms with E-state index in [1.807, 2.05) is 18.2 Å². The molecule has 1 aromatic rings. The second-order valence-corrected chi connectivity index (χ2v) is 5.74. The van der Waals surface area contributed by atoms with Crippen LogP contribution in [0.25, 0.3) is 0 Å². The lowest BCUT2D eigenvalue weighted by molar-refractivity contribution is 0.0904. The summed E-state index contributed by atoms with van der Waals surface area (Å²) >= 11 is 0. The van der Waals surface area contributed by atoms with Gasteiger partial charge in [0.1, 0.15) is 11.5 Å². The number of hydrogen-bond acceptors (Lipinski definition) is 3. The summed E-state index contributed by atoms with van der Waals surface area (Å²) in [6.07, 6.45) is 3.71. The Kier molecular flexibility index (Phi) is 4.71. The topological polar surface area (TPSA) is 38.7 Å². The number of aliphatic hydroxyl groups is 1. The van der Waals surface area contributed by atoms with Gasteiger partial charge in [0.05, 0.1) is 20.3 Å². The lowest BCUT2D eigenvalue weighted by Gasteiger charge is -2.30. The van der Waals surface area contributed by atoms with Crippen LogP contribution in [0.5, 0.6) is 11.5 Å². The Morgan fingerprint density at radius 2 is 2.00 bits per heavy atom. The molecule has 2 rings (SSSR count). The average molecular weight is 276 g/mol. The molecular formula is C17H24O3. The standard InChI is InChI=1S/C17H24O3/c1-11-7-12(2)9-13(8-11)17(18)15-10-14(19-3)5-6-16(15)20-4/h5-7,10-11,13,17-18H,8-9H2,1-4H3. The highest BCUT2D eigenvalue weighted by molar-refractivity contribution is 5.42. The summed E-state index contributed by atoms with van der Waals surface area (Å²) < 4.78 is 10.6. The predicted octanol–water partition coefficient (Wildman–Crippen LogP) is 3.73. The molecule has 0 aliphatic heterocycles. The van der Waals surface area contributed by atoms with Crippen molar-refractivity contribution in [2.45, 2.75) is 32.8 Å². The minimum absolute atomic E-state index is 0.232. The average Bonchev–Trinajstić information content (AvgIpc) is 2.44. The van der Waals surface area contributed by atoms with Crippen molar-refractivity contribution in [3.05, 3.63) is 35.4 Å². The number of aliphatic hydroxyl groups excluding tert-OH is 1. The molecule has 0 saturated carbocycles. The van der Waals surface area contributed by atoms with E-state index < -0.39 is 6.10 Å². The van der Waals surface area contributed by atoms with Gasteiger partial charge in [0.15, 0.2) is 0 Å². The zero-order chi connectivity index (χ0) is 14.7. The summed E-state index contributed by atoms with van der Waals surface area (Å²) in [7, 11) is 3.26. The molecule has 110 valence electrons. The van der Waals surface area contributed by atoms with E-state index in [9.17, 15) is 5.11 Å². The molecule has 0 radical (unpaired) electrons. The van der Waals surface area contributed by atoms with Crippen molar-refractivity contribution in [2.75, 3.05) is 14.2 Å². The van der Waals surface area contributed by atoms with Crippen molar-refractivity contribution in [2.24, 2.45) is 11.8 Å². The van der Waals surface area contributed by atoms with E-state index in [4.69, 9.17) is 9.47 Å². The van der Waals surface area contributed by atoms with Gasteiger partial charge in [-0.05, 0) is 49.8 Å². The van der Waals surface area contributed by atoms with Gasteiger partial charge in [0, 0.05) is 5.56 Å². The molecule has 3 atom stereocenters. The number of allylic oxidation sites excluding steroid dienone is 2. The molecule has 0 aromatic heterocycles.